The lowest BCUT2D eigenvalue weighted by Gasteiger charge is -2.06. The first-order valence-electron chi connectivity index (χ1n) is 4.98. The molecule has 1 aromatic rings. The summed E-state index contributed by atoms with van der Waals surface area (Å²) in [6, 6.07) is 10.2. The van der Waals surface area contributed by atoms with Crippen molar-refractivity contribution in [3.8, 4) is 0 Å². The van der Waals surface area contributed by atoms with Gasteiger partial charge in [-0.05, 0) is 5.56 Å². The quantitative estimate of drug-likeness (QED) is 0.808. The molecule has 0 radical (unpaired) electrons. The van der Waals surface area contributed by atoms with Crippen molar-refractivity contribution in [2.75, 3.05) is 13.2 Å². The van der Waals surface area contributed by atoms with Crippen LogP contribution in [0.1, 0.15) is 5.56 Å². The lowest BCUT2D eigenvalue weighted by molar-refractivity contribution is 0.297. The van der Waals surface area contributed by atoms with Crippen LogP contribution in [0.3, 0.4) is 0 Å². The van der Waals surface area contributed by atoms with E-state index in [1.807, 2.05) is 18.2 Å². The number of amidine groups is 1. The van der Waals surface area contributed by atoms with Crippen molar-refractivity contribution in [3.05, 3.63) is 35.9 Å². The Balaban J connectivity index is 1.80. The van der Waals surface area contributed by atoms with Crippen LogP contribution in [-0.4, -0.2) is 28.7 Å². The van der Waals surface area contributed by atoms with Gasteiger partial charge in [0.1, 0.15) is 0 Å². The van der Waals surface area contributed by atoms with Crippen molar-refractivity contribution in [1.29, 1.82) is 0 Å². The first-order chi connectivity index (χ1) is 7.38. The van der Waals surface area contributed by atoms with Gasteiger partial charge in [-0.3, -0.25) is 4.99 Å². The zero-order chi connectivity index (χ0) is 10.5. The molecule has 1 atom stereocenters. The molecule has 80 valence electrons. The largest absolute Gasteiger partial charge is 0.395 e. The van der Waals surface area contributed by atoms with E-state index < -0.39 is 0 Å². The fourth-order valence-electron chi connectivity index (χ4n) is 1.38. The molecule has 0 aliphatic carbocycles. The number of rotatable bonds is 3. The monoisotopic (exact) mass is 222 g/mol. The van der Waals surface area contributed by atoms with E-state index >= 15 is 0 Å². The van der Waals surface area contributed by atoms with Gasteiger partial charge in [-0.1, -0.05) is 42.1 Å². The molecule has 1 heterocycles. The summed E-state index contributed by atoms with van der Waals surface area (Å²) in [4.78, 5) is 4.31. The Morgan fingerprint density at radius 1 is 1.40 bits per heavy atom. The molecule has 2 rings (SSSR count). The van der Waals surface area contributed by atoms with Crippen LogP contribution < -0.4 is 5.32 Å². The van der Waals surface area contributed by atoms with Crippen molar-refractivity contribution in [2.45, 2.75) is 11.8 Å². The van der Waals surface area contributed by atoms with Gasteiger partial charge in [0.2, 0.25) is 0 Å². The summed E-state index contributed by atoms with van der Waals surface area (Å²) < 4.78 is 0. The number of nitrogens with zero attached hydrogens (tertiary/aromatic N) is 1. The topological polar surface area (TPSA) is 44.6 Å². The van der Waals surface area contributed by atoms with E-state index in [0.29, 0.717) is 0 Å². The minimum atomic E-state index is 0.199. The van der Waals surface area contributed by atoms with Crippen molar-refractivity contribution in [1.82, 2.24) is 5.32 Å². The number of aliphatic hydroxyl groups excluding tert-OH is 1. The maximum atomic E-state index is 8.95. The number of hydrogen-bond acceptors (Lipinski definition) is 4. The van der Waals surface area contributed by atoms with Gasteiger partial charge in [0, 0.05) is 6.54 Å². The summed E-state index contributed by atoms with van der Waals surface area (Å²) in [7, 11) is 0. The van der Waals surface area contributed by atoms with Gasteiger partial charge in [-0.15, -0.1) is 0 Å². The van der Waals surface area contributed by atoms with Crippen molar-refractivity contribution < 1.29 is 5.11 Å². The van der Waals surface area contributed by atoms with Crippen LogP contribution in [0.2, 0.25) is 0 Å². The Bertz CT molecular complexity index is 340. The van der Waals surface area contributed by atoms with E-state index in [0.717, 1.165) is 18.3 Å². The number of thioether (sulfide) groups is 1. The smallest absolute Gasteiger partial charge is 0.157 e. The van der Waals surface area contributed by atoms with Crippen LogP contribution in [0.15, 0.2) is 35.3 Å². The van der Waals surface area contributed by atoms with E-state index in [1.165, 1.54) is 5.56 Å². The minimum Gasteiger partial charge on any atom is -0.395 e. The molecule has 2 N–H and O–H groups in total. The van der Waals surface area contributed by atoms with Crippen LogP contribution in [0.25, 0.3) is 0 Å². The highest BCUT2D eigenvalue weighted by molar-refractivity contribution is 8.14. The summed E-state index contributed by atoms with van der Waals surface area (Å²) in [5.41, 5.74) is 1.24. The number of aliphatic imine (C=N–C) groups is 1. The Morgan fingerprint density at radius 2 is 2.20 bits per heavy atom. The molecule has 15 heavy (non-hydrogen) atoms. The summed E-state index contributed by atoms with van der Waals surface area (Å²) in [6.07, 6.45) is 0. The second-order valence-corrected chi connectivity index (χ2v) is 4.70. The van der Waals surface area contributed by atoms with E-state index in [4.69, 9.17) is 5.11 Å². The van der Waals surface area contributed by atoms with Gasteiger partial charge < -0.3 is 10.4 Å². The number of nitrogens with one attached hydrogen (secondary N) is 1. The van der Waals surface area contributed by atoms with Crippen LogP contribution >= 0.6 is 11.8 Å². The molecule has 0 aromatic heterocycles. The Hall–Kier alpha value is -1.00. The molecule has 0 saturated carbocycles. The standard InChI is InChI=1S/C11H14N2OS/c14-8-10-7-13-11(15-10)12-6-9-4-2-1-3-5-9/h1-5,10,14H,6-8H2,(H,12,13). The van der Waals surface area contributed by atoms with Crippen LogP contribution in [0, 0.1) is 0 Å². The van der Waals surface area contributed by atoms with Gasteiger partial charge in [-0.2, -0.15) is 0 Å². The predicted molar refractivity (Wildman–Crippen MR) is 64.0 cm³/mol. The first-order valence-corrected chi connectivity index (χ1v) is 5.86. The SMILES string of the molecule is OCC1CN=C(NCc2ccccc2)S1. The Morgan fingerprint density at radius 3 is 2.87 bits per heavy atom. The van der Waals surface area contributed by atoms with Gasteiger partial charge in [0.15, 0.2) is 5.17 Å². The fourth-order valence-corrected chi connectivity index (χ4v) is 2.23. The molecule has 1 unspecified atom stereocenters. The second kappa shape index (κ2) is 5.19. The lowest BCUT2D eigenvalue weighted by atomic mass is 10.2. The first kappa shape index (κ1) is 10.5. The van der Waals surface area contributed by atoms with Crippen molar-refractivity contribution in [3.63, 3.8) is 0 Å². The average molecular weight is 222 g/mol. The van der Waals surface area contributed by atoms with Crippen molar-refractivity contribution >= 4 is 16.9 Å². The van der Waals surface area contributed by atoms with Crippen LogP contribution in [0.4, 0.5) is 0 Å². The number of hydrogen-bond donors (Lipinski definition) is 2. The van der Waals surface area contributed by atoms with E-state index in [1.54, 1.807) is 11.8 Å². The third-order valence-corrected chi connectivity index (χ3v) is 3.34. The molecule has 1 aromatic carbocycles. The highest BCUT2D eigenvalue weighted by Gasteiger charge is 2.17. The Labute approximate surface area is 93.6 Å². The molecule has 1 aliphatic heterocycles. The second-order valence-electron chi connectivity index (χ2n) is 3.41. The minimum absolute atomic E-state index is 0.199. The summed E-state index contributed by atoms with van der Waals surface area (Å²) in [6.45, 7) is 1.72. The molecule has 3 nitrogen and oxygen atoms in total. The maximum Gasteiger partial charge on any atom is 0.157 e. The van der Waals surface area contributed by atoms with E-state index in [2.05, 4.69) is 22.4 Å². The highest BCUT2D eigenvalue weighted by atomic mass is 32.2. The summed E-state index contributed by atoms with van der Waals surface area (Å²) in [5.74, 6) is 0. The third kappa shape index (κ3) is 2.97. The molecular weight excluding hydrogens is 208 g/mol. The highest BCUT2D eigenvalue weighted by Crippen LogP contribution is 2.18. The molecular formula is C11H14N2OS. The molecule has 0 amide bonds. The van der Waals surface area contributed by atoms with Gasteiger partial charge in [-0.25, -0.2) is 0 Å². The average Bonchev–Trinajstić information content (AvgIpc) is 2.76. The van der Waals surface area contributed by atoms with Crippen LogP contribution in [0.5, 0.6) is 0 Å². The molecule has 0 bridgehead atoms. The summed E-state index contributed by atoms with van der Waals surface area (Å²) in [5, 5.41) is 13.4. The zero-order valence-corrected chi connectivity index (χ0v) is 9.20. The summed E-state index contributed by atoms with van der Waals surface area (Å²) >= 11 is 1.62. The van der Waals surface area contributed by atoms with E-state index in [-0.39, 0.29) is 11.9 Å². The van der Waals surface area contributed by atoms with Crippen molar-refractivity contribution in [2.24, 2.45) is 4.99 Å². The Kier molecular flexibility index (Phi) is 3.64. The van der Waals surface area contributed by atoms with Gasteiger partial charge in [0.25, 0.3) is 0 Å². The molecule has 0 fully saturated rings. The zero-order valence-electron chi connectivity index (χ0n) is 8.39. The predicted octanol–water partition coefficient (Wildman–Crippen LogP) is 1.24. The molecule has 0 spiro atoms. The molecule has 4 heteroatoms. The maximum absolute atomic E-state index is 8.95. The molecule has 1 aliphatic rings. The normalized spacial score (nSPS) is 20.1. The molecule has 0 saturated heterocycles. The van der Waals surface area contributed by atoms with Gasteiger partial charge in [0.05, 0.1) is 18.4 Å². The van der Waals surface area contributed by atoms with E-state index in [9.17, 15) is 0 Å². The fraction of sp³-hybridized carbons (Fsp3) is 0.364. The van der Waals surface area contributed by atoms with Crippen LogP contribution in [-0.2, 0) is 6.54 Å². The lowest BCUT2D eigenvalue weighted by Crippen LogP contribution is -2.19. The number of aliphatic hydroxyl groups is 1. The van der Waals surface area contributed by atoms with Gasteiger partial charge >= 0.3 is 0 Å². The third-order valence-electron chi connectivity index (χ3n) is 2.21. The number of benzene rings is 1.